The molecular weight excluding hydrogens is 278 g/mol. The van der Waals surface area contributed by atoms with Crippen molar-refractivity contribution in [1.82, 2.24) is 4.98 Å². The number of hydrogen-bond donors (Lipinski definition) is 0. The molecule has 100 valence electrons. The third-order valence-electron chi connectivity index (χ3n) is 3.59. The SMILES string of the molecule is O=C(c1ccc2ncccc2c1)c1csc2ccccc12. The molecule has 21 heavy (non-hydrogen) atoms. The Labute approximate surface area is 125 Å². The molecule has 0 aliphatic rings. The fraction of sp³-hybridized carbons (Fsp3) is 0. The zero-order valence-electron chi connectivity index (χ0n) is 11.1. The van der Waals surface area contributed by atoms with Crippen LogP contribution >= 0.6 is 11.3 Å². The number of ketones is 1. The van der Waals surface area contributed by atoms with Crippen molar-refractivity contribution in [3.63, 3.8) is 0 Å². The first-order valence-electron chi connectivity index (χ1n) is 6.69. The number of aromatic nitrogens is 1. The van der Waals surface area contributed by atoms with Gasteiger partial charge >= 0.3 is 0 Å². The number of carbonyl (C=O) groups is 1. The summed E-state index contributed by atoms with van der Waals surface area (Å²) in [6, 6.07) is 17.5. The first kappa shape index (κ1) is 12.2. The van der Waals surface area contributed by atoms with E-state index >= 15 is 0 Å². The van der Waals surface area contributed by atoms with Crippen LogP contribution in [0.4, 0.5) is 0 Å². The van der Waals surface area contributed by atoms with Gasteiger partial charge in [0.1, 0.15) is 0 Å². The van der Waals surface area contributed by atoms with Gasteiger partial charge in [0.15, 0.2) is 5.78 Å². The highest BCUT2D eigenvalue weighted by Crippen LogP contribution is 2.28. The number of hydrogen-bond acceptors (Lipinski definition) is 3. The van der Waals surface area contributed by atoms with Crippen LogP contribution in [0.5, 0.6) is 0 Å². The Morgan fingerprint density at radius 2 is 1.90 bits per heavy atom. The summed E-state index contributed by atoms with van der Waals surface area (Å²) in [5, 5.41) is 3.96. The molecule has 2 nitrogen and oxygen atoms in total. The van der Waals surface area contributed by atoms with E-state index in [1.807, 2.05) is 60.0 Å². The van der Waals surface area contributed by atoms with Crippen LogP contribution < -0.4 is 0 Å². The number of pyridine rings is 1. The van der Waals surface area contributed by atoms with Gasteiger partial charge in [-0.2, -0.15) is 0 Å². The normalized spacial score (nSPS) is 11.0. The molecule has 2 aromatic heterocycles. The maximum absolute atomic E-state index is 12.8. The van der Waals surface area contributed by atoms with E-state index in [-0.39, 0.29) is 5.78 Å². The Morgan fingerprint density at radius 1 is 1.00 bits per heavy atom. The molecule has 0 aliphatic heterocycles. The summed E-state index contributed by atoms with van der Waals surface area (Å²) >= 11 is 1.61. The Balaban J connectivity index is 1.86. The van der Waals surface area contributed by atoms with Crippen LogP contribution in [-0.2, 0) is 0 Å². The Morgan fingerprint density at radius 3 is 2.86 bits per heavy atom. The molecule has 4 rings (SSSR count). The van der Waals surface area contributed by atoms with Gasteiger partial charge in [0.05, 0.1) is 5.52 Å². The third kappa shape index (κ3) is 2.03. The minimum absolute atomic E-state index is 0.0678. The lowest BCUT2D eigenvalue weighted by Crippen LogP contribution is -2.00. The molecule has 2 aromatic carbocycles. The first-order chi connectivity index (χ1) is 10.3. The van der Waals surface area contributed by atoms with Crippen molar-refractivity contribution in [3.05, 3.63) is 77.3 Å². The fourth-order valence-electron chi connectivity index (χ4n) is 2.53. The van der Waals surface area contributed by atoms with Crippen molar-refractivity contribution in [1.29, 1.82) is 0 Å². The van der Waals surface area contributed by atoms with Gasteiger partial charge in [0.25, 0.3) is 0 Å². The van der Waals surface area contributed by atoms with E-state index in [2.05, 4.69) is 4.98 Å². The van der Waals surface area contributed by atoms with Crippen LogP contribution in [0.2, 0.25) is 0 Å². The molecule has 4 aromatic rings. The molecule has 3 heteroatoms. The molecule has 0 atom stereocenters. The van der Waals surface area contributed by atoms with Crippen molar-refractivity contribution >= 4 is 38.1 Å². The summed E-state index contributed by atoms with van der Waals surface area (Å²) in [7, 11) is 0. The van der Waals surface area contributed by atoms with Crippen molar-refractivity contribution in [2.24, 2.45) is 0 Å². The first-order valence-corrected chi connectivity index (χ1v) is 7.56. The predicted molar refractivity (Wildman–Crippen MR) is 87.0 cm³/mol. The van der Waals surface area contributed by atoms with Crippen LogP contribution in [0.15, 0.2) is 66.2 Å². The summed E-state index contributed by atoms with van der Waals surface area (Å²) < 4.78 is 1.14. The van der Waals surface area contributed by atoms with E-state index in [4.69, 9.17) is 0 Å². The molecule has 0 unspecified atom stereocenters. The maximum Gasteiger partial charge on any atom is 0.194 e. The summed E-state index contributed by atoms with van der Waals surface area (Å²) in [6.45, 7) is 0. The van der Waals surface area contributed by atoms with Crippen molar-refractivity contribution in [2.45, 2.75) is 0 Å². The third-order valence-corrected chi connectivity index (χ3v) is 4.55. The molecule has 2 heterocycles. The molecule has 0 fully saturated rings. The van der Waals surface area contributed by atoms with Gasteiger partial charge in [-0.05, 0) is 30.3 Å². The Hall–Kier alpha value is -2.52. The van der Waals surface area contributed by atoms with Crippen LogP contribution in [-0.4, -0.2) is 10.8 Å². The lowest BCUT2D eigenvalue weighted by molar-refractivity contribution is 0.104. The average Bonchev–Trinajstić information content (AvgIpc) is 2.98. The summed E-state index contributed by atoms with van der Waals surface area (Å²) in [5.41, 5.74) is 2.39. The molecule has 0 N–H and O–H groups in total. The second-order valence-electron chi connectivity index (χ2n) is 4.89. The molecule has 0 aliphatic carbocycles. The summed E-state index contributed by atoms with van der Waals surface area (Å²) in [5.74, 6) is 0.0678. The van der Waals surface area contributed by atoms with Crippen molar-refractivity contribution < 1.29 is 4.79 Å². The smallest absolute Gasteiger partial charge is 0.194 e. The second kappa shape index (κ2) is 4.79. The standard InChI is InChI=1S/C18H11NOS/c20-18(15-11-21-17-6-2-1-5-14(15)17)13-7-8-16-12(10-13)4-3-9-19-16/h1-11H. The molecular formula is C18H11NOS. The van der Waals surface area contributed by atoms with Gasteiger partial charge in [-0.15, -0.1) is 11.3 Å². The highest BCUT2D eigenvalue weighted by molar-refractivity contribution is 7.17. The Bertz CT molecular complexity index is 971. The molecule has 0 amide bonds. The second-order valence-corrected chi connectivity index (χ2v) is 5.80. The van der Waals surface area contributed by atoms with E-state index in [1.54, 1.807) is 17.5 Å². The lowest BCUT2D eigenvalue weighted by Gasteiger charge is -2.02. The maximum atomic E-state index is 12.8. The summed E-state index contributed by atoms with van der Waals surface area (Å²) in [4.78, 5) is 17.0. The topological polar surface area (TPSA) is 30.0 Å². The van der Waals surface area contributed by atoms with Gasteiger partial charge in [0.2, 0.25) is 0 Å². The fourth-order valence-corrected chi connectivity index (χ4v) is 3.47. The quantitative estimate of drug-likeness (QED) is 0.501. The highest BCUT2D eigenvalue weighted by Gasteiger charge is 2.14. The van der Waals surface area contributed by atoms with Gasteiger partial charge in [0, 0.05) is 38.2 Å². The van der Waals surface area contributed by atoms with Crippen LogP contribution in [0.3, 0.4) is 0 Å². The largest absolute Gasteiger partial charge is 0.289 e. The van der Waals surface area contributed by atoms with Crippen LogP contribution in [0.25, 0.3) is 21.0 Å². The average molecular weight is 289 g/mol. The molecule has 0 spiro atoms. The number of thiophene rings is 1. The predicted octanol–water partition coefficient (Wildman–Crippen LogP) is 4.68. The van der Waals surface area contributed by atoms with E-state index in [0.717, 1.165) is 26.6 Å². The number of fused-ring (bicyclic) bond motifs is 2. The van der Waals surface area contributed by atoms with Gasteiger partial charge in [-0.3, -0.25) is 9.78 Å². The highest BCUT2D eigenvalue weighted by atomic mass is 32.1. The monoisotopic (exact) mass is 289 g/mol. The molecule has 0 radical (unpaired) electrons. The zero-order valence-corrected chi connectivity index (χ0v) is 11.9. The van der Waals surface area contributed by atoms with Crippen molar-refractivity contribution in [3.8, 4) is 0 Å². The molecule has 0 saturated carbocycles. The van der Waals surface area contributed by atoms with Crippen LogP contribution in [0, 0.1) is 0 Å². The van der Waals surface area contributed by atoms with Gasteiger partial charge in [-0.25, -0.2) is 0 Å². The number of carbonyl (C=O) groups excluding carboxylic acids is 1. The van der Waals surface area contributed by atoms with Gasteiger partial charge in [-0.1, -0.05) is 24.3 Å². The minimum Gasteiger partial charge on any atom is -0.289 e. The van der Waals surface area contributed by atoms with E-state index in [1.165, 1.54) is 0 Å². The number of benzene rings is 2. The number of rotatable bonds is 2. The minimum atomic E-state index is 0.0678. The van der Waals surface area contributed by atoms with Gasteiger partial charge < -0.3 is 0 Å². The zero-order chi connectivity index (χ0) is 14.2. The Kier molecular flexibility index (Phi) is 2.79. The van der Waals surface area contributed by atoms with E-state index < -0.39 is 0 Å². The van der Waals surface area contributed by atoms with Crippen LogP contribution in [0.1, 0.15) is 15.9 Å². The summed E-state index contributed by atoms with van der Waals surface area (Å²) in [6.07, 6.45) is 1.76. The van der Waals surface area contributed by atoms with E-state index in [0.29, 0.717) is 5.56 Å². The molecule has 0 bridgehead atoms. The number of nitrogens with zero attached hydrogens (tertiary/aromatic N) is 1. The lowest BCUT2D eigenvalue weighted by atomic mass is 10.0. The van der Waals surface area contributed by atoms with Crippen molar-refractivity contribution in [2.75, 3.05) is 0 Å². The molecule has 0 saturated heterocycles. The van der Waals surface area contributed by atoms with E-state index in [9.17, 15) is 4.79 Å².